The minimum Gasteiger partial charge on any atom is -0.399 e. The number of benzene rings is 1. The van der Waals surface area contributed by atoms with E-state index in [0.29, 0.717) is 0 Å². The molecular formula is C9H12N3. The fourth-order valence-corrected chi connectivity index (χ4v) is 1.61. The summed E-state index contributed by atoms with van der Waals surface area (Å²) in [6.45, 7) is 0. The zero-order valence-electron chi connectivity index (χ0n) is 6.75. The minimum absolute atomic E-state index is 0.0261. The standard InChI is InChI=1S/C9H12N3/c10-6-1-2-7-5(3-6)4-8(11)9(7)12/h1-3,8H,4,10-12H2. The van der Waals surface area contributed by atoms with Gasteiger partial charge >= 0.3 is 0 Å². The Morgan fingerprint density at radius 1 is 1.25 bits per heavy atom. The third-order valence-corrected chi connectivity index (χ3v) is 2.28. The summed E-state index contributed by atoms with van der Waals surface area (Å²) >= 11 is 0. The molecule has 63 valence electrons. The van der Waals surface area contributed by atoms with Gasteiger partial charge in [0.1, 0.15) is 0 Å². The maximum atomic E-state index is 5.79. The van der Waals surface area contributed by atoms with Crippen LogP contribution in [0.3, 0.4) is 0 Å². The van der Waals surface area contributed by atoms with Crippen LogP contribution in [0.25, 0.3) is 0 Å². The molecule has 1 radical (unpaired) electrons. The lowest BCUT2D eigenvalue weighted by Crippen LogP contribution is -2.31. The largest absolute Gasteiger partial charge is 0.399 e. The second-order valence-corrected chi connectivity index (χ2v) is 3.18. The highest BCUT2D eigenvalue weighted by atomic mass is 14.8. The van der Waals surface area contributed by atoms with Crippen molar-refractivity contribution in [2.75, 3.05) is 5.73 Å². The highest BCUT2D eigenvalue weighted by molar-refractivity contribution is 5.53. The van der Waals surface area contributed by atoms with Crippen molar-refractivity contribution in [1.82, 2.24) is 0 Å². The van der Waals surface area contributed by atoms with E-state index in [1.165, 1.54) is 5.56 Å². The van der Waals surface area contributed by atoms with E-state index in [1.54, 1.807) is 0 Å². The predicted octanol–water partition coefficient (Wildman–Crippen LogP) is -0.00901. The van der Waals surface area contributed by atoms with Crippen molar-refractivity contribution in [1.29, 1.82) is 0 Å². The van der Waals surface area contributed by atoms with Crippen LogP contribution >= 0.6 is 0 Å². The molecule has 6 N–H and O–H groups in total. The second kappa shape index (κ2) is 2.47. The first-order valence-corrected chi connectivity index (χ1v) is 3.95. The van der Waals surface area contributed by atoms with Crippen molar-refractivity contribution in [3.63, 3.8) is 0 Å². The van der Waals surface area contributed by atoms with E-state index in [4.69, 9.17) is 17.2 Å². The number of nitrogens with two attached hydrogens (primary N) is 3. The van der Waals surface area contributed by atoms with Crippen LogP contribution in [0.4, 0.5) is 5.69 Å². The van der Waals surface area contributed by atoms with Gasteiger partial charge in [-0.2, -0.15) is 0 Å². The van der Waals surface area contributed by atoms with Gasteiger partial charge in [0, 0.05) is 11.7 Å². The van der Waals surface area contributed by atoms with Crippen molar-refractivity contribution in [2.24, 2.45) is 11.5 Å². The van der Waals surface area contributed by atoms with Gasteiger partial charge in [0.05, 0.1) is 6.04 Å². The molecule has 1 aromatic rings. The Bertz CT molecular complexity index is 309. The summed E-state index contributed by atoms with van der Waals surface area (Å²) in [7, 11) is 0. The average Bonchev–Trinajstić information content (AvgIpc) is 2.28. The fraction of sp³-hybridized carbons (Fsp3) is 0.222. The molecule has 0 saturated heterocycles. The van der Waals surface area contributed by atoms with Crippen molar-refractivity contribution >= 4 is 5.69 Å². The Hall–Kier alpha value is -1.06. The minimum atomic E-state index is -0.0261. The van der Waals surface area contributed by atoms with Crippen molar-refractivity contribution in [3.8, 4) is 0 Å². The average molecular weight is 162 g/mol. The van der Waals surface area contributed by atoms with Crippen LogP contribution in [0.2, 0.25) is 0 Å². The molecule has 0 heterocycles. The Kier molecular flexibility index (Phi) is 1.56. The second-order valence-electron chi connectivity index (χ2n) is 3.18. The van der Waals surface area contributed by atoms with Crippen molar-refractivity contribution < 1.29 is 0 Å². The maximum Gasteiger partial charge on any atom is 0.0809 e. The molecule has 1 aliphatic rings. The Morgan fingerprint density at radius 3 is 2.75 bits per heavy atom. The summed E-state index contributed by atoms with van der Waals surface area (Å²) in [5.74, 6) is 0. The number of nitrogen functional groups attached to an aromatic ring is 1. The summed E-state index contributed by atoms with van der Waals surface area (Å²) in [6.07, 6.45) is 0.812. The monoisotopic (exact) mass is 162 g/mol. The molecule has 1 atom stereocenters. The lowest BCUT2D eigenvalue weighted by molar-refractivity contribution is 0.739. The number of rotatable bonds is 0. The maximum absolute atomic E-state index is 5.79. The lowest BCUT2D eigenvalue weighted by Gasteiger charge is -2.07. The molecule has 1 aromatic carbocycles. The Balaban J connectivity index is 2.47. The molecule has 12 heavy (non-hydrogen) atoms. The van der Waals surface area contributed by atoms with E-state index in [0.717, 1.165) is 23.7 Å². The van der Waals surface area contributed by atoms with Gasteiger partial charge in [0.25, 0.3) is 0 Å². The number of anilines is 1. The predicted molar refractivity (Wildman–Crippen MR) is 49.1 cm³/mol. The van der Waals surface area contributed by atoms with Gasteiger partial charge in [-0.3, -0.25) is 0 Å². The molecular weight excluding hydrogens is 150 g/mol. The van der Waals surface area contributed by atoms with Crippen LogP contribution in [0.1, 0.15) is 11.1 Å². The van der Waals surface area contributed by atoms with Gasteiger partial charge in [0.2, 0.25) is 0 Å². The fourth-order valence-electron chi connectivity index (χ4n) is 1.61. The summed E-state index contributed by atoms with van der Waals surface area (Å²) in [5.41, 5.74) is 20.2. The summed E-state index contributed by atoms with van der Waals surface area (Å²) in [4.78, 5) is 0. The van der Waals surface area contributed by atoms with Crippen LogP contribution in [0, 0.1) is 6.04 Å². The molecule has 3 heteroatoms. The van der Waals surface area contributed by atoms with Crippen molar-refractivity contribution in [2.45, 2.75) is 12.5 Å². The van der Waals surface area contributed by atoms with E-state index in [2.05, 4.69) is 0 Å². The third kappa shape index (κ3) is 0.983. The van der Waals surface area contributed by atoms with Crippen LogP contribution < -0.4 is 17.2 Å². The summed E-state index contributed by atoms with van der Waals surface area (Å²) in [6, 6.07) is 6.48. The number of hydrogen-bond donors (Lipinski definition) is 3. The van der Waals surface area contributed by atoms with Gasteiger partial charge in [-0.1, -0.05) is 6.07 Å². The van der Waals surface area contributed by atoms with Crippen molar-refractivity contribution in [3.05, 3.63) is 35.4 Å². The summed E-state index contributed by atoms with van der Waals surface area (Å²) < 4.78 is 0. The zero-order chi connectivity index (χ0) is 8.72. The van der Waals surface area contributed by atoms with E-state index >= 15 is 0 Å². The van der Waals surface area contributed by atoms with Crippen LogP contribution in [0.15, 0.2) is 18.2 Å². The molecule has 0 amide bonds. The van der Waals surface area contributed by atoms with Crippen LogP contribution in [0.5, 0.6) is 0 Å². The molecule has 1 unspecified atom stereocenters. The Labute approximate surface area is 71.5 Å². The molecule has 0 bridgehead atoms. The molecule has 0 saturated carbocycles. The normalized spacial score (nSPS) is 22.7. The molecule has 1 aliphatic carbocycles. The van der Waals surface area contributed by atoms with Gasteiger partial charge in [0.15, 0.2) is 0 Å². The molecule has 0 fully saturated rings. The van der Waals surface area contributed by atoms with Crippen LogP contribution in [-0.2, 0) is 6.42 Å². The van der Waals surface area contributed by atoms with Gasteiger partial charge in [-0.25, -0.2) is 0 Å². The van der Waals surface area contributed by atoms with E-state index in [-0.39, 0.29) is 6.04 Å². The van der Waals surface area contributed by atoms with E-state index in [9.17, 15) is 0 Å². The molecule has 2 rings (SSSR count). The SMILES string of the molecule is N[C]1c2ccc(N)cc2CC1N. The third-order valence-electron chi connectivity index (χ3n) is 2.28. The number of fused-ring (bicyclic) bond motifs is 1. The van der Waals surface area contributed by atoms with E-state index < -0.39 is 0 Å². The first kappa shape index (κ1) is 7.58. The molecule has 0 aromatic heterocycles. The molecule has 3 nitrogen and oxygen atoms in total. The van der Waals surface area contributed by atoms with Gasteiger partial charge in [-0.15, -0.1) is 0 Å². The zero-order valence-corrected chi connectivity index (χ0v) is 6.75. The van der Waals surface area contributed by atoms with Crippen LogP contribution in [-0.4, -0.2) is 6.04 Å². The molecule has 0 spiro atoms. The first-order chi connectivity index (χ1) is 5.68. The quantitative estimate of drug-likeness (QED) is 0.469. The first-order valence-electron chi connectivity index (χ1n) is 3.95. The topological polar surface area (TPSA) is 78.1 Å². The van der Waals surface area contributed by atoms with Gasteiger partial charge in [-0.05, 0) is 29.7 Å². The lowest BCUT2D eigenvalue weighted by atomic mass is 10.1. The van der Waals surface area contributed by atoms with Gasteiger partial charge < -0.3 is 17.2 Å². The highest BCUT2D eigenvalue weighted by Gasteiger charge is 2.27. The Morgan fingerprint density at radius 2 is 2.00 bits per heavy atom. The summed E-state index contributed by atoms with van der Waals surface area (Å²) in [5, 5.41) is 0. The van der Waals surface area contributed by atoms with E-state index in [1.807, 2.05) is 18.2 Å². The number of hydrogen-bond acceptors (Lipinski definition) is 3. The smallest absolute Gasteiger partial charge is 0.0809 e. The molecule has 0 aliphatic heterocycles. The highest BCUT2D eigenvalue weighted by Crippen LogP contribution is 2.28.